The van der Waals surface area contributed by atoms with Gasteiger partial charge in [-0.25, -0.2) is 0 Å². The molecule has 0 spiro atoms. The molecule has 1 aliphatic rings. The Morgan fingerprint density at radius 3 is 2.42 bits per heavy atom. The van der Waals surface area contributed by atoms with Gasteiger partial charge in [0.25, 0.3) is 5.91 Å². The second-order valence-corrected chi connectivity index (χ2v) is 5.99. The van der Waals surface area contributed by atoms with Crippen LogP contribution < -0.4 is 5.32 Å². The van der Waals surface area contributed by atoms with E-state index >= 15 is 0 Å². The summed E-state index contributed by atoms with van der Waals surface area (Å²) in [4.78, 5) is 24.8. The molecule has 2 aromatic carbocycles. The second-order valence-electron chi connectivity index (χ2n) is 5.99. The minimum Gasteiger partial charge on any atom is -0.481 e. The van der Waals surface area contributed by atoms with Crippen LogP contribution in [-0.2, 0) is 11.0 Å². The molecule has 0 saturated carbocycles. The Kier molecular flexibility index (Phi) is 4.58. The summed E-state index contributed by atoms with van der Waals surface area (Å²) in [5.74, 6) is -1.90. The van der Waals surface area contributed by atoms with Crippen molar-refractivity contribution in [1.82, 2.24) is 4.90 Å². The summed E-state index contributed by atoms with van der Waals surface area (Å²) in [5.41, 5.74) is 0.0368. The number of halogens is 3. The zero-order valence-electron chi connectivity index (χ0n) is 13.5. The number of amides is 1. The van der Waals surface area contributed by atoms with Gasteiger partial charge >= 0.3 is 12.1 Å². The Labute approximate surface area is 147 Å². The standard InChI is InChI=1S/C18H15F3N2O3/c19-18(20,21)12-4-3-5-13(8-12)22-15-7-2-1-6-14(15)16(24)23-9-11(10-23)17(25)26/h1-8,11,22H,9-10H2,(H,25,26). The second kappa shape index (κ2) is 6.70. The first-order valence-electron chi connectivity index (χ1n) is 7.81. The average Bonchev–Trinajstić information content (AvgIpc) is 2.53. The maximum absolute atomic E-state index is 12.8. The van der Waals surface area contributed by atoms with E-state index in [0.717, 1.165) is 12.1 Å². The van der Waals surface area contributed by atoms with E-state index in [9.17, 15) is 22.8 Å². The van der Waals surface area contributed by atoms with Crippen molar-refractivity contribution < 1.29 is 27.9 Å². The fourth-order valence-electron chi connectivity index (χ4n) is 2.68. The van der Waals surface area contributed by atoms with E-state index in [1.54, 1.807) is 24.3 Å². The zero-order valence-corrected chi connectivity index (χ0v) is 13.5. The highest BCUT2D eigenvalue weighted by Crippen LogP contribution is 2.32. The molecular weight excluding hydrogens is 349 g/mol. The van der Waals surface area contributed by atoms with Crippen LogP contribution in [0.1, 0.15) is 15.9 Å². The van der Waals surface area contributed by atoms with Crippen LogP contribution in [0.4, 0.5) is 24.5 Å². The Morgan fingerprint density at radius 1 is 1.08 bits per heavy atom. The van der Waals surface area contributed by atoms with E-state index in [1.165, 1.54) is 17.0 Å². The van der Waals surface area contributed by atoms with Crippen molar-refractivity contribution in [1.29, 1.82) is 0 Å². The van der Waals surface area contributed by atoms with Gasteiger partial charge < -0.3 is 15.3 Å². The summed E-state index contributed by atoms with van der Waals surface area (Å²) in [6, 6.07) is 11.1. The number of nitrogens with zero attached hydrogens (tertiary/aromatic N) is 1. The van der Waals surface area contributed by atoms with Gasteiger partial charge in [0.2, 0.25) is 0 Å². The highest BCUT2D eigenvalue weighted by atomic mass is 19.4. The first-order valence-corrected chi connectivity index (χ1v) is 7.81. The highest BCUT2D eigenvalue weighted by molar-refractivity contribution is 6.01. The fourth-order valence-corrected chi connectivity index (χ4v) is 2.68. The monoisotopic (exact) mass is 364 g/mol. The minimum absolute atomic E-state index is 0.117. The van der Waals surface area contributed by atoms with Crippen LogP contribution in [0.15, 0.2) is 48.5 Å². The van der Waals surface area contributed by atoms with E-state index in [1.807, 2.05) is 0 Å². The first-order chi connectivity index (χ1) is 12.3. The molecule has 8 heteroatoms. The number of anilines is 2. The van der Waals surface area contributed by atoms with Crippen LogP contribution in [0.5, 0.6) is 0 Å². The molecule has 1 saturated heterocycles. The summed E-state index contributed by atoms with van der Waals surface area (Å²) in [5, 5.41) is 11.7. The highest BCUT2D eigenvalue weighted by Gasteiger charge is 2.36. The number of carboxylic acids is 1. The van der Waals surface area contributed by atoms with Crippen LogP contribution in [0.25, 0.3) is 0 Å². The number of para-hydroxylation sites is 1. The van der Waals surface area contributed by atoms with Crippen molar-refractivity contribution in [2.24, 2.45) is 5.92 Å². The van der Waals surface area contributed by atoms with Crippen LogP contribution in [-0.4, -0.2) is 35.0 Å². The van der Waals surface area contributed by atoms with Gasteiger partial charge in [-0.15, -0.1) is 0 Å². The van der Waals surface area contributed by atoms with Gasteiger partial charge in [0.1, 0.15) is 0 Å². The summed E-state index contributed by atoms with van der Waals surface area (Å²) >= 11 is 0. The SMILES string of the molecule is O=C(O)C1CN(C(=O)c2ccccc2Nc2cccc(C(F)(F)F)c2)C1. The molecule has 0 aliphatic carbocycles. The number of benzene rings is 2. The lowest BCUT2D eigenvalue weighted by molar-refractivity contribution is -0.146. The molecule has 1 heterocycles. The van der Waals surface area contributed by atoms with E-state index < -0.39 is 23.6 Å². The number of aliphatic carboxylic acids is 1. The van der Waals surface area contributed by atoms with Crippen molar-refractivity contribution >= 4 is 23.3 Å². The summed E-state index contributed by atoms with van der Waals surface area (Å²) in [6.07, 6.45) is -4.46. The summed E-state index contributed by atoms with van der Waals surface area (Å²) in [6.45, 7) is 0.234. The number of likely N-dealkylation sites (tertiary alicyclic amines) is 1. The lowest BCUT2D eigenvalue weighted by Gasteiger charge is -2.37. The molecule has 2 N–H and O–H groups in total. The Hall–Kier alpha value is -3.03. The topological polar surface area (TPSA) is 69.6 Å². The number of nitrogens with one attached hydrogen (secondary N) is 1. The van der Waals surface area contributed by atoms with Gasteiger partial charge in [-0.3, -0.25) is 9.59 Å². The van der Waals surface area contributed by atoms with E-state index in [0.29, 0.717) is 5.69 Å². The number of rotatable bonds is 4. The Morgan fingerprint density at radius 2 is 1.77 bits per heavy atom. The predicted molar refractivity (Wildman–Crippen MR) is 88.2 cm³/mol. The summed E-state index contributed by atoms with van der Waals surface area (Å²) in [7, 11) is 0. The third kappa shape index (κ3) is 3.63. The number of carboxylic acid groups (broad SMARTS) is 1. The molecule has 0 bridgehead atoms. The third-order valence-electron chi connectivity index (χ3n) is 4.14. The van der Waals surface area contributed by atoms with E-state index in [-0.39, 0.29) is 30.2 Å². The molecule has 0 radical (unpaired) electrons. The third-order valence-corrected chi connectivity index (χ3v) is 4.14. The molecule has 3 rings (SSSR count). The van der Waals surface area contributed by atoms with Crippen molar-refractivity contribution in [3.05, 3.63) is 59.7 Å². The quantitative estimate of drug-likeness (QED) is 0.870. The number of alkyl halides is 3. The molecule has 26 heavy (non-hydrogen) atoms. The molecule has 136 valence electrons. The van der Waals surface area contributed by atoms with Crippen molar-refractivity contribution in [3.8, 4) is 0 Å². The van der Waals surface area contributed by atoms with Crippen LogP contribution >= 0.6 is 0 Å². The normalized spacial score (nSPS) is 14.7. The lowest BCUT2D eigenvalue weighted by atomic mass is 9.98. The van der Waals surface area contributed by atoms with Crippen LogP contribution in [0.3, 0.4) is 0 Å². The first kappa shape index (κ1) is 17.8. The largest absolute Gasteiger partial charge is 0.481 e. The molecule has 0 aromatic heterocycles. The van der Waals surface area contributed by atoms with Crippen molar-refractivity contribution in [2.45, 2.75) is 6.18 Å². The van der Waals surface area contributed by atoms with Gasteiger partial charge in [0.15, 0.2) is 0 Å². The van der Waals surface area contributed by atoms with Crippen molar-refractivity contribution in [2.75, 3.05) is 18.4 Å². The number of carbonyl (C=O) groups excluding carboxylic acids is 1. The molecule has 0 unspecified atom stereocenters. The van der Waals surface area contributed by atoms with E-state index in [2.05, 4.69) is 5.32 Å². The molecule has 1 amide bonds. The predicted octanol–water partition coefficient (Wildman–Crippen LogP) is 3.61. The molecule has 0 atom stereocenters. The van der Waals surface area contributed by atoms with Gasteiger partial charge in [0, 0.05) is 18.8 Å². The van der Waals surface area contributed by atoms with Crippen molar-refractivity contribution in [3.63, 3.8) is 0 Å². The molecular formula is C18H15F3N2O3. The zero-order chi connectivity index (χ0) is 18.9. The lowest BCUT2D eigenvalue weighted by Crippen LogP contribution is -2.53. The van der Waals surface area contributed by atoms with Gasteiger partial charge in [0.05, 0.1) is 22.7 Å². The maximum atomic E-state index is 12.8. The average molecular weight is 364 g/mol. The molecule has 5 nitrogen and oxygen atoms in total. The Balaban J connectivity index is 1.80. The summed E-state index contributed by atoms with van der Waals surface area (Å²) < 4.78 is 38.5. The van der Waals surface area contributed by atoms with E-state index in [4.69, 9.17) is 5.11 Å². The maximum Gasteiger partial charge on any atom is 0.416 e. The van der Waals surface area contributed by atoms with Crippen LogP contribution in [0, 0.1) is 5.92 Å². The molecule has 1 fully saturated rings. The number of hydrogen-bond donors (Lipinski definition) is 2. The number of hydrogen-bond acceptors (Lipinski definition) is 3. The molecule has 2 aromatic rings. The smallest absolute Gasteiger partial charge is 0.416 e. The molecule has 1 aliphatic heterocycles. The van der Waals surface area contributed by atoms with Gasteiger partial charge in [-0.2, -0.15) is 13.2 Å². The Bertz CT molecular complexity index is 846. The minimum atomic E-state index is -4.46. The van der Waals surface area contributed by atoms with Gasteiger partial charge in [-0.05, 0) is 30.3 Å². The van der Waals surface area contributed by atoms with Crippen LogP contribution in [0.2, 0.25) is 0 Å². The fraction of sp³-hybridized carbons (Fsp3) is 0.222. The number of carbonyl (C=O) groups is 2. The van der Waals surface area contributed by atoms with Gasteiger partial charge in [-0.1, -0.05) is 18.2 Å².